The third-order valence-corrected chi connectivity index (χ3v) is 2.60. The van der Waals surface area contributed by atoms with Crippen LogP contribution in [0.5, 0.6) is 5.75 Å². The minimum Gasteiger partial charge on any atom is -0.478 e. The van der Waals surface area contributed by atoms with Gasteiger partial charge in [-0.2, -0.15) is 13.2 Å². The number of alkyl halides is 3. The van der Waals surface area contributed by atoms with E-state index in [1.165, 1.54) is 6.07 Å². The van der Waals surface area contributed by atoms with Crippen LogP contribution in [0, 0.1) is 0 Å². The molecule has 1 fully saturated rings. The first-order valence-corrected chi connectivity index (χ1v) is 5.41. The molecule has 1 unspecified atom stereocenters. The van der Waals surface area contributed by atoms with Gasteiger partial charge in [0.05, 0.1) is 12.2 Å². The van der Waals surface area contributed by atoms with E-state index in [1.807, 2.05) is 0 Å². The van der Waals surface area contributed by atoms with Gasteiger partial charge in [-0.05, 0) is 18.2 Å². The van der Waals surface area contributed by atoms with Crippen LogP contribution >= 0.6 is 0 Å². The van der Waals surface area contributed by atoms with Crippen LogP contribution < -0.4 is 4.74 Å². The highest BCUT2D eigenvalue weighted by Crippen LogP contribution is 2.37. The largest absolute Gasteiger partial charge is 0.478 e. The maximum absolute atomic E-state index is 12.8. The minimum atomic E-state index is -4.67. The fraction of sp³-hybridized carbons (Fsp3) is 0.333. The Labute approximate surface area is 106 Å². The topological polar surface area (TPSA) is 52.6 Å². The van der Waals surface area contributed by atoms with E-state index in [1.54, 1.807) is 0 Å². The molecule has 19 heavy (non-hydrogen) atoms. The summed E-state index contributed by atoms with van der Waals surface area (Å²) in [4.78, 5) is 21.7. The quantitative estimate of drug-likeness (QED) is 0.626. The summed E-state index contributed by atoms with van der Waals surface area (Å²) >= 11 is 0. The molecule has 1 saturated heterocycles. The molecule has 0 amide bonds. The maximum atomic E-state index is 12.8. The van der Waals surface area contributed by atoms with E-state index in [-0.39, 0.29) is 18.6 Å². The first kappa shape index (κ1) is 13.4. The van der Waals surface area contributed by atoms with Crippen LogP contribution in [0.4, 0.5) is 13.2 Å². The van der Waals surface area contributed by atoms with Crippen LogP contribution in [0.25, 0.3) is 0 Å². The second-order valence-corrected chi connectivity index (χ2v) is 3.93. The minimum absolute atomic E-state index is 0.117. The van der Waals surface area contributed by atoms with E-state index in [2.05, 4.69) is 4.74 Å². The number of hydrogen-bond donors (Lipinski definition) is 0. The molecule has 1 aliphatic heterocycles. The summed E-state index contributed by atoms with van der Waals surface area (Å²) in [5.74, 6) is -1.17. The second kappa shape index (κ2) is 4.91. The van der Waals surface area contributed by atoms with Crippen molar-refractivity contribution in [3.63, 3.8) is 0 Å². The second-order valence-electron chi connectivity index (χ2n) is 3.93. The van der Waals surface area contributed by atoms with Crippen LogP contribution in [0.2, 0.25) is 0 Å². The van der Waals surface area contributed by atoms with Crippen molar-refractivity contribution in [2.75, 3.05) is 6.61 Å². The summed E-state index contributed by atoms with van der Waals surface area (Å²) in [5, 5.41) is 0. The Morgan fingerprint density at radius 1 is 1.37 bits per heavy atom. The van der Waals surface area contributed by atoms with Gasteiger partial charge in [-0.1, -0.05) is 0 Å². The zero-order chi connectivity index (χ0) is 14.0. The Balaban J connectivity index is 2.33. The average molecular weight is 274 g/mol. The number of hydrogen-bond acceptors (Lipinski definition) is 4. The normalized spacial score (nSPS) is 19.1. The molecule has 0 aliphatic carbocycles. The summed E-state index contributed by atoms with van der Waals surface area (Å²) in [7, 11) is 0. The summed E-state index contributed by atoms with van der Waals surface area (Å²) < 4.78 is 48.1. The lowest BCUT2D eigenvalue weighted by atomic mass is 10.1. The molecule has 0 radical (unpaired) electrons. The predicted octanol–water partition coefficient (Wildman–Crippen LogP) is 2.21. The highest BCUT2D eigenvalue weighted by atomic mass is 19.4. The molecule has 7 heteroatoms. The van der Waals surface area contributed by atoms with E-state index in [0.717, 1.165) is 6.07 Å². The van der Waals surface area contributed by atoms with Crippen molar-refractivity contribution in [2.45, 2.75) is 18.7 Å². The summed E-state index contributed by atoms with van der Waals surface area (Å²) in [6.07, 6.45) is -5.20. The Hall–Kier alpha value is -2.05. The molecule has 4 nitrogen and oxygen atoms in total. The molecular weight excluding hydrogens is 265 g/mol. The molecule has 2 rings (SSSR count). The van der Waals surface area contributed by atoms with Crippen LogP contribution in [0.15, 0.2) is 18.2 Å². The smallest absolute Gasteiger partial charge is 0.419 e. The van der Waals surface area contributed by atoms with Crippen LogP contribution in [-0.4, -0.2) is 25.0 Å². The van der Waals surface area contributed by atoms with Gasteiger partial charge < -0.3 is 9.47 Å². The average Bonchev–Trinajstić information content (AvgIpc) is 2.74. The summed E-state index contributed by atoms with van der Waals surface area (Å²) in [6, 6.07) is 2.90. The van der Waals surface area contributed by atoms with Crippen LogP contribution in [0.3, 0.4) is 0 Å². The van der Waals surface area contributed by atoms with Gasteiger partial charge in [0.2, 0.25) is 0 Å². The van der Waals surface area contributed by atoms with Gasteiger partial charge in [-0.3, -0.25) is 4.79 Å². The molecule has 0 spiro atoms. The van der Waals surface area contributed by atoms with Crippen molar-refractivity contribution in [1.29, 1.82) is 0 Å². The first-order valence-electron chi connectivity index (χ1n) is 5.41. The van der Waals surface area contributed by atoms with Crippen LogP contribution in [0.1, 0.15) is 22.3 Å². The zero-order valence-corrected chi connectivity index (χ0v) is 9.57. The molecular formula is C12H9F3O4. The molecule has 1 aromatic rings. The third-order valence-electron chi connectivity index (χ3n) is 2.60. The van der Waals surface area contributed by atoms with Gasteiger partial charge in [-0.25, -0.2) is 4.79 Å². The number of benzene rings is 1. The Morgan fingerprint density at radius 3 is 2.63 bits per heavy atom. The van der Waals surface area contributed by atoms with Gasteiger partial charge in [0.1, 0.15) is 12.0 Å². The lowest BCUT2D eigenvalue weighted by Crippen LogP contribution is -2.23. The van der Waals surface area contributed by atoms with E-state index in [9.17, 15) is 22.8 Å². The van der Waals surface area contributed by atoms with Gasteiger partial charge in [0, 0.05) is 12.0 Å². The van der Waals surface area contributed by atoms with E-state index < -0.39 is 29.6 Å². The number of esters is 1. The fourth-order valence-electron chi connectivity index (χ4n) is 1.68. The molecule has 0 bridgehead atoms. The molecule has 0 aromatic heterocycles. The van der Waals surface area contributed by atoms with E-state index in [0.29, 0.717) is 12.4 Å². The lowest BCUT2D eigenvalue weighted by molar-refractivity contribution is -0.146. The first-order chi connectivity index (χ1) is 8.91. The van der Waals surface area contributed by atoms with Gasteiger partial charge in [-0.15, -0.1) is 0 Å². The number of ether oxygens (including phenoxy) is 2. The van der Waals surface area contributed by atoms with Crippen molar-refractivity contribution >= 4 is 12.3 Å². The van der Waals surface area contributed by atoms with E-state index in [4.69, 9.17) is 4.74 Å². The standard InChI is InChI=1S/C12H9F3O4/c13-12(14,15)8-5-7(6-16)1-2-9(8)19-10-3-4-18-11(10)17/h1-2,5-6,10H,3-4H2. The fourth-order valence-corrected chi connectivity index (χ4v) is 1.68. The molecule has 1 aliphatic rings. The predicted molar refractivity (Wildman–Crippen MR) is 56.8 cm³/mol. The molecule has 1 aromatic carbocycles. The van der Waals surface area contributed by atoms with Crippen LogP contribution in [-0.2, 0) is 15.7 Å². The molecule has 0 saturated carbocycles. The monoisotopic (exact) mass is 274 g/mol. The van der Waals surface area contributed by atoms with Crippen molar-refractivity contribution in [2.24, 2.45) is 0 Å². The van der Waals surface area contributed by atoms with Crippen molar-refractivity contribution in [1.82, 2.24) is 0 Å². The Bertz CT molecular complexity index is 510. The third kappa shape index (κ3) is 2.86. The number of aldehydes is 1. The van der Waals surface area contributed by atoms with Gasteiger partial charge in [0.25, 0.3) is 0 Å². The van der Waals surface area contributed by atoms with Gasteiger partial charge >= 0.3 is 12.1 Å². The zero-order valence-electron chi connectivity index (χ0n) is 9.57. The number of halogens is 3. The molecule has 1 atom stereocenters. The summed E-state index contributed by atoms with van der Waals surface area (Å²) in [6.45, 7) is 0.122. The summed E-state index contributed by atoms with van der Waals surface area (Å²) in [5.41, 5.74) is -1.20. The number of cyclic esters (lactones) is 1. The van der Waals surface area contributed by atoms with Crippen molar-refractivity contribution in [3.05, 3.63) is 29.3 Å². The number of rotatable bonds is 3. The highest BCUT2D eigenvalue weighted by molar-refractivity contribution is 5.77. The maximum Gasteiger partial charge on any atom is 0.419 e. The van der Waals surface area contributed by atoms with Crippen molar-refractivity contribution in [3.8, 4) is 5.75 Å². The van der Waals surface area contributed by atoms with E-state index >= 15 is 0 Å². The molecule has 102 valence electrons. The SMILES string of the molecule is O=Cc1ccc(OC2CCOC2=O)c(C(F)(F)F)c1. The molecule has 1 heterocycles. The Kier molecular flexibility index (Phi) is 3.46. The Morgan fingerprint density at radius 2 is 2.11 bits per heavy atom. The lowest BCUT2D eigenvalue weighted by Gasteiger charge is -2.16. The highest BCUT2D eigenvalue weighted by Gasteiger charge is 2.37. The number of carbonyl (C=O) groups excluding carboxylic acids is 2. The molecule has 0 N–H and O–H groups in total. The number of carbonyl (C=O) groups is 2. The van der Waals surface area contributed by atoms with Gasteiger partial charge in [0.15, 0.2) is 6.10 Å². The van der Waals surface area contributed by atoms with Crippen molar-refractivity contribution < 1.29 is 32.2 Å².